The molecule has 0 aliphatic rings. The number of aromatic nitrogens is 1. The van der Waals surface area contributed by atoms with Gasteiger partial charge in [-0.25, -0.2) is 18.4 Å². The maximum Gasteiger partial charge on any atom is 0.349 e. The number of nitrogens with one attached hydrogen (secondary N) is 1. The van der Waals surface area contributed by atoms with Gasteiger partial charge in [-0.3, -0.25) is 4.79 Å². The summed E-state index contributed by atoms with van der Waals surface area (Å²) in [6.45, 7) is 4.30. The number of hydrogen-bond donors (Lipinski definition) is 2. The fourth-order valence-corrected chi connectivity index (χ4v) is 3.44. The second-order valence-electron chi connectivity index (χ2n) is 6.83. The summed E-state index contributed by atoms with van der Waals surface area (Å²) in [4.78, 5) is 24.2. The van der Waals surface area contributed by atoms with Gasteiger partial charge in [0.15, 0.2) is 6.61 Å². The predicted molar refractivity (Wildman–Crippen MR) is 117 cm³/mol. The van der Waals surface area contributed by atoms with Crippen molar-refractivity contribution in [3.8, 4) is 6.07 Å². The number of esters is 1. The van der Waals surface area contributed by atoms with Gasteiger partial charge in [0, 0.05) is 30.7 Å². The number of anilines is 1. The normalized spacial score (nSPS) is 11.7. The van der Waals surface area contributed by atoms with Crippen LogP contribution in [0, 0.1) is 25.2 Å². The topological polar surface area (TPSA) is 154 Å². The number of sulfonamides is 1. The molecule has 0 saturated heterocycles. The molecular formula is C21H24N4O6S. The van der Waals surface area contributed by atoms with Crippen molar-refractivity contribution in [2.45, 2.75) is 25.3 Å². The molecular weight excluding hydrogens is 436 g/mol. The average molecular weight is 461 g/mol. The van der Waals surface area contributed by atoms with E-state index < -0.39 is 28.5 Å². The molecule has 1 aromatic carbocycles. The average Bonchev–Trinajstić information content (AvgIpc) is 3.00. The Hall–Kier alpha value is -3.46. The Labute approximate surface area is 186 Å². The molecule has 2 rings (SSSR count). The van der Waals surface area contributed by atoms with Gasteiger partial charge in [0.1, 0.15) is 11.6 Å². The highest BCUT2D eigenvalue weighted by molar-refractivity contribution is 7.89. The smallest absolute Gasteiger partial charge is 0.349 e. The third-order valence-electron chi connectivity index (χ3n) is 4.57. The number of benzene rings is 1. The van der Waals surface area contributed by atoms with Gasteiger partial charge in [-0.15, -0.1) is 0 Å². The van der Waals surface area contributed by atoms with Gasteiger partial charge in [-0.2, -0.15) is 5.26 Å². The van der Waals surface area contributed by atoms with Crippen molar-refractivity contribution in [2.24, 2.45) is 5.14 Å². The summed E-state index contributed by atoms with van der Waals surface area (Å²) in [6.07, 6.45) is 1.41. The largest absolute Gasteiger partial charge is 0.451 e. The summed E-state index contributed by atoms with van der Waals surface area (Å²) in [5, 5.41) is 16.8. The molecule has 0 spiro atoms. The van der Waals surface area contributed by atoms with Crippen molar-refractivity contribution in [3.63, 3.8) is 0 Å². The minimum atomic E-state index is -3.84. The molecule has 0 radical (unpaired) electrons. The first-order valence-corrected chi connectivity index (χ1v) is 11.0. The molecule has 170 valence electrons. The maximum atomic E-state index is 12.3. The highest BCUT2D eigenvalue weighted by Gasteiger charge is 2.16. The summed E-state index contributed by atoms with van der Waals surface area (Å²) >= 11 is 0. The third-order valence-corrected chi connectivity index (χ3v) is 5.50. The highest BCUT2D eigenvalue weighted by atomic mass is 32.2. The zero-order valence-electron chi connectivity index (χ0n) is 17.9. The minimum absolute atomic E-state index is 0.104. The number of rotatable bonds is 9. The van der Waals surface area contributed by atoms with E-state index in [1.807, 2.05) is 24.5 Å². The van der Waals surface area contributed by atoms with Gasteiger partial charge >= 0.3 is 5.97 Å². The van der Waals surface area contributed by atoms with Crippen molar-refractivity contribution < 1.29 is 27.5 Å². The lowest BCUT2D eigenvalue weighted by Gasteiger charge is -2.08. The van der Waals surface area contributed by atoms with Gasteiger partial charge in [-0.1, -0.05) is 0 Å². The molecule has 0 bridgehead atoms. The molecule has 11 heteroatoms. The molecule has 3 N–H and O–H groups in total. The first-order valence-electron chi connectivity index (χ1n) is 9.44. The Bertz CT molecular complexity index is 1170. The number of aryl methyl sites for hydroxylation is 1. The summed E-state index contributed by atoms with van der Waals surface area (Å²) in [5.74, 6) is -1.59. The van der Waals surface area contributed by atoms with Gasteiger partial charge < -0.3 is 19.4 Å². The van der Waals surface area contributed by atoms with Crippen molar-refractivity contribution in [1.82, 2.24) is 4.57 Å². The van der Waals surface area contributed by atoms with Crippen LogP contribution in [0.25, 0.3) is 6.08 Å². The number of nitrogens with zero attached hydrogens (tertiary/aromatic N) is 2. The van der Waals surface area contributed by atoms with Crippen LogP contribution in [0.3, 0.4) is 0 Å². The highest BCUT2D eigenvalue weighted by Crippen LogP contribution is 2.19. The van der Waals surface area contributed by atoms with Crippen LogP contribution in [0.15, 0.2) is 40.8 Å². The zero-order valence-corrected chi connectivity index (χ0v) is 18.7. The van der Waals surface area contributed by atoms with E-state index in [4.69, 9.17) is 14.6 Å². The SMILES string of the molecule is COCCn1c(C)cc(/C=C(\C#N)C(=O)OCC(=O)Nc2ccc(S(N)(=O)=O)cc2)c1C. The molecule has 0 saturated carbocycles. The summed E-state index contributed by atoms with van der Waals surface area (Å²) in [5.41, 5.74) is 2.54. The van der Waals surface area contributed by atoms with Gasteiger partial charge in [-0.05, 0) is 55.8 Å². The second-order valence-corrected chi connectivity index (χ2v) is 8.40. The first-order chi connectivity index (χ1) is 15.1. The van der Waals surface area contributed by atoms with E-state index in [1.165, 1.54) is 30.3 Å². The molecule has 32 heavy (non-hydrogen) atoms. The monoisotopic (exact) mass is 460 g/mol. The number of amides is 1. The second kappa shape index (κ2) is 10.7. The number of carbonyl (C=O) groups excluding carboxylic acids is 2. The lowest BCUT2D eigenvalue weighted by molar-refractivity contribution is -0.142. The number of nitriles is 1. The molecule has 2 aromatic rings. The standard InChI is InChI=1S/C21H24N4O6S/c1-14-10-16(15(2)25(14)8-9-30-3)11-17(12-22)21(27)31-13-20(26)24-18-4-6-19(7-5-18)32(23,28)29/h4-7,10-11H,8-9,13H2,1-3H3,(H,24,26)(H2,23,28,29)/b17-11+. The maximum absolute atomic E-state index is 12.3. The molecule has 10 nitrogen and oxygen atoms in total. The molecule has 0 fully saturated rings. The van der Waals surface area contributed by atoms with E-state index in [-0.39, 0.29) is 16.2 Å². The first kappa shape index (κ1) is 24.8. The van der Waals surface area contributed by atoms with Gasteiger partial charge in [0.25, 0.3) is 5.91 Å². The van der Waals surface area contributed by atoms with Crippen LogP contribution in [-0.2, 0) is 35.6 Å². The fraction of sp³-hybridized carbons (Fsp3) is 0.286. The minimum Gasteiger partial charge on any atom is -0.451 e. The van der Waals surface area contributed by atoms with Crippen LogP contribution in [0.4, 0.5) is 5.69 Å². The zero-order chi connectivity index (χ0) is 23.9. The van der Waals surface area contributed by atoms with Crippen LogP contribution in [0.1, 0.15) is 17.0 Å². The third kappa shape index (κ3) is 6.52. The van der Waals surface area contributed by atoms with E-state index >= 15 is 0 Å². The molecule has 1 amide bonds. The van der Waals surface area contributed by atoms with E-state index in [2.05, 4.69) is 5.32 Å². The molecule has 0 aliphatic heterocycles. The van der Waals surface area contributed by atoms with E-state index in [9.17, 15) is 23.3 Å². The Morgan fingerprint density at radius 3 is 2.47 bits per heavy atom. The number of methoxy groups -OCH3 is 1. The Morgan fingerprint density at radius 1 is 1.25 bits per heavy atom. The lowest BCUT2D eigenvalue weighted by Crippen LogP contribution is -2.21. The van der Waals surface area contributed by atoms with Crippen LogP contribution in [-0.4, -0.2) is 45.2 Å². The number of carbonyl (C=O) groups is 2. The number of nitrogens with two attached hydrogens (primary N) is 1. The summed E-state index contributed by atoms with van der Waals surface area (Å²) < 4.78 is 34.5. The van der Waals surface area contributed by atoms with Gasteiger partial charge in [0.2, 0.25) is 10.0 Å². The van der Waals surface area contributed by atoms with Crippen LogP contribution in [0.2, 0.25) is 0 Å². The van der Waals surface area contributed by atoms with E-state index in [0.717, 1.165) is 11.4 Å². The van der Waals surface area contributed by atoms with Crippen LogP contribution >= 0.6 is 0 Å². The van der Waals surface area contributed by atoms with Crippen LogP contribution < -0.4 is 10.5 Å². The number of hydrogen-bond acceptors (Lipinski definition) is 7. The number of ether oxygens (including phenoxy) is 2. The quantitative estimate of drug-likeness (QED) is 0.326. The molecule has 1 aromatic heterocycles. The molecule has 0 aliphatic carbocycles. The lowest BCUT2D eigenvalue weighted by atomic mass is 10.1. The molecule has 0 unspecified atom stereocenters. The molecule has 1 heterocycles. The van der Waals surface area contributed by atoms with E-state index in [0.29, 0.717) is 18.7 Å². The van der Waals surface area contributed by atoms with Crippen molar-refractivity contribution in [2.75, 3.05) is 25.6 Å². The van der Waals surface area contributed by atoms with Crippen molar-refractivity contribution in [3.05, 3.63) is 52.9 Å². The van der Waals surface area contributed by atoms with Crippen LogP contribution in [0.5, 0.6) is 0 Å². The van der Waals surface area contributed by atoms with Crippen molar-refractivity contribution >= 4 is 33.7 Å². The predicted octanol–water partition coefficient (Wildman–Crippen LogP) is 1.49. The van der Waals surface area contributed by atoms with Gasteiger partial charge in [0.05, 0.1) is 11.5 Å². The summed E-state index contributed by atoms with van der Waals surface area (Å²) in [7, 11) is -2.24. The fourth-order valence-electron chi connectivity index (χ4n) is 2.93. The van der Waals surface area contributed by atoms with Crippen molar-refractivity contribution in [1.29, 1.82) is 5.26 Å². The number of primary sulfonamides is 1. The molecule has 0 atom stereocenters. The Morgan fingerprint density at radius 2 is 1.91 bits per heavy atom. The Kier molecular flexibility index (Phi) is 8.31. The summed E-state index contributed by atoms with van der Waals surface area (Å²) in [6, 6.07) is 8.79. The Balaban J connectivity index is 2.02. The van der Waals surface area contributed by atoms with E-state index in [1.54, 1.807) is 13.2 Å².